The number of benzene rings is 1. The third kappa shape index (κ3) is 8.15. The zero-order chi connectivity index (χ0) is 20.6. The van der Waals surface area contributed by atoms with Crippen LogP contribution in [-0.4, -0.2) is 12.9 Å². The van der Waals surface area contributed by atoms with Crippen LogP contribution in [0.3, 0.4) is 0 Å². The highest BCUT2D eigenvalue weighted by Gasteiger charge is 2.23. The van der Waals surface area contributed by atoms with Crippen molar-refractivity contribution in [3.63, 3.8) is 0 Å². The molecule has 1 aromatic carbocycles. The van der Waals surface area contributed by atoms with Gasteiger partial charge in [-0.3, -0.25) is 0 Å². The fourth-order valence-electron chi connectivity index (χ4n) is 4.42. The van der Waals surface area contributed by atoms with Crippen LogP contribution in [0.5, 0.6) is 5.75 Å². The van der Waals surface area contributed by atoms with Gasteiger partial charge in [0.2, 0.25) is 0 Å². The quantitative estimate of drug-likeness (QED) is 0.378. The maximum absolute atomic E-state index is 6.13. The molecule has 2 heteroatoms. The lowest BCUT2D eigenvalue weighted by molar-refractivity contribution is -0.0856. The van der Waals surface area contributed by atoms with E-state index in [2.05, 4.69) is 65.8 Å². The summed E-state index contributed by atoms with van der Waals surface area (Å²) in [6.45, 7) is 14.6. The van der Waals surface area contributed by atoms with Gasteiger partial charge in [0, 0.05) is 6.42 Å². The van der Waals surface area contributed by atoms with Gasteiger partial charge in [-0.25, -0.2) is 0 Å². The molecule has 0 saturated heterocycles. The first kappa shape index (κ1) is 23.3. The van der Waals surface area contributed by atoms with Crippen LogP contribution in [0.15, 0.2) is 24.3 Å². The van der Waals surface area contributed by atoms with E-state index in [0.29, 0.717) is 17.3 Å². The van der Waals surface area contributed by atoms with Gasteiger partial charge in [0.25, 0.3) is 0 Å². The Morgan fingerprint density at radius 3 is 2.18 bits per heavy atom. The lowest BCUT2D eigenvalue weighted by Crippen LogP contribution is -2.21. The van der Waals surface area contributed by atoms with Gasteiger partial charge >= 0.3 is 0 Å². The van der Waals surface area contributed by atoms with E-state index in [4.69, 9.17) is 9.47 Å². The molecule has 2 atom stereocenters. The first-order chi connectivity index (χ1) is 13.3. The highest BCUT2D eigenvalue weighted by molar-refractivity contribution is 5.30. The predicted octanol–water partition coefficient (Wildman–Crippen LogP) is 7.96. The largest absolute Gasteiger partial charge is 0.465 e. The lowest BCUT2D eigenvalue weighted by Gasteiger charge is -2.29. The van der Waals surface area contributed by atoms with Gasteiger partial charge in [0.15, 0.2) is 6.29 Å². The molecule has 1 saturated carbocycles. The van der Waals surface area contributed by atoms with Crippen LogP contribution in [0.2, 0.25) is 0 Å². The van der Waals surface area contributed by atoms with Gasteiger partial charge in [0.1, 0.15) is 5.75 Å². The normalized spacial score (nSPS) is 18.2. The van der Waals surface area contributed by atoms with Crippen LogP contribution >= 0.6 is 0 Å². The Labute approximate surface area is 174 Å². The van der Waals surface area contributed by atoms with Gasteiger partial charge in [0.05, 0.1) is 6.61 Å². The van der Waals surface area contributed by atoms with Gasteiger partial charge in [-0.05, 0) is 53.7 Å². The lowest BCUT2D eigenvalue weighted by atomic mass is 9.76. The van der Waals surface area contributed by atoms with Crippen molar-refractivity contribution in [2.45, 2.75) is 105 Å². The standard InChI is InChI=1S/C26H44O2/c1-7-25(27-18-17-21-11-9-8-10-12-21)28-23-15-13-22(14-16-23)24(20(2)3)19-26(4,5)6/h13-16,20-21,24-25H,7-12,17-19H2,1-6H3. The third-order valence-corrected chi connectivity index (χ3v) is 6.10. The second-order valence-corrected chi connectivity index (χ2v) is 10.3. The van der Waals surface area contributed by atoms with Crippen LogP contribution in [0.1, 0.15) is 104 Å². The smallest absolute Gasteiger partial charge is 0.199 e. The van der Waals surface area contributed by atoms with Gasteiger partial charge < -0.3 is 9.47 Å². The minimum atomic E-state index is -0.134. The number of ether oxygens (including phenoxy) is 2. The molecule has 0 spiro atoms. The number of hydrogen-bond donors (Lipinski definition) is 0. The van der Waals surface area contributed by atoms with E-state index >= 15 is 0 Å². The first-order valence-electron chi connectivity index (χ1n) is 11.7. The molecule has 2 rings (SSSR count). The number of hydrogen-bond acceptors (Lipinski definition) is 2. The molecule has 1 fully saturated rings. The molecule has 0 aliphatic heterocycles. The van der Waals surface area contributed by atoms with E-state index in [0.717, 1.165) is 24.7 Å². The molecule has 2 nitrogen and oxygen atoms in total. The Bertz CT molecular complexity index is 535. The first-order valence-corrected chi connectivity index (χ1v) is 11.7. The molecule has 0 N–H and O–H groups in total. The minimum Gasteiger partial charge on any atom is -0.465 e. The van der Waals surface area contributed by atoms with Crippen molar-refractivity contribution in [1.29, 1.82) is 0 Å². The molecule has 0 radical (unpaired) electrons. The van der Waals surface area contributed by atoms with Crippen molar-refractivity contribution in [3.8, 4) is 5.75 Å². The van der Waals surface area contributed by atoms with E-state index in [9.17, 15) is 0 Å². The van der Waals surface area contributed by atoms with Crippen molar-refractivity contribution in [3.05, 3.63) is 29.8 Å². The van der Waals surface area contributed by atoms with Crippen molar-refractivity contribution >= 4 is 0 Å². The molecular formula is C26H44O2. The number of rotatable bonds is 10. The van der Waals surface area contributed by atoms with Crippen LogP contribution < -0.4 is 4.74 Å². The van der Waals surface area contributed by atoms with Crippen LogP contribution in [0.25, 0.3) is 0 Å². The maximum atomic E-state index is 6.13. The van der Waals surface area contributed by atoms with Crippen LogP contribution in [0, 0.1) is 17.3 Å². The molecule has 0 bridgehead atoms. The minimum absolute atomic E-state index is 0.134. The topological polar surface area (TPSA) is 18.5 Å². The van der Waals surface area contributed by atoms with Gasteiger partial charge in [-0.2, -0.15) is 0 Å². The summed E-state index contributed by atoms with van der Waals surface area (Å²) >= 11 is 0. The third-order valence-electron chi connectivity index (χ3n) is 6.10. The van der Waals surface area contributed by atoms with Crippen molar-refractivity contribution in [2.24, 2.45) is 17.3 Å². The zero-order valence-corrected chi connectivity index (χ0v) is 19.3. The highest BCUT2D eigenvalue weighted by atomic mass is 16.7. The molecule has 28 heavy (non-hydrogen) atoms. The van der Waals surface area contributed by atoms with Crippen LogP contribution in [-0.2, 0) is 4.74 Å². The van der Waals surface area contributed by atoms with Crippen LogP contribution in [0.4, 0.5) is 0 Å². The highest BCUT2D eigenvalue weighted by Crippen LogP contribution is 2.37. The Balaban J connectivity index is 1.86. The summed E-state index contributed by atoms with van der Waals surface area (Å²) in [4.78, 5) is 0. The Morgan fingerprint density at radius 2 is 1.64 bits per heavy atom. The molecule has 0 aromatic heterocycles. The fourth-order valence-corrected chi connectivity index (χ4v) is 4.42. The summed E-state index contributed by atoms with van der Waals surface area (Å²) in [7, 11) is 0. The summed E-state index contributed by atoms with van der Waals surface area (Å²) in [6.07, 6.45) is 10.1. The fraction of sp³-hybridized carbons (Fsp3) is 0.769. The van der Waals surface area contributed by atoms with E-state index in [-0.39, 0.29) is 6.29 Å². The SMILES string of the molecule is CCC(OCCC1CCCCC1)Oc1ccc(C(CC(C)(C)C)C(C)C)cc1. The molecule has 0 amide bonds. The summed E-state index contributed by atoms with van der Waals surface area (Å²) in [6, 6.07) is 8.75. The molecule has 1 aliphatic carbocycles. The van der Waals surface area contributed by atoms with E-state index in [1.165, 1.54) is 50.5 Å². The van der Waals surface area contributed by atoms with Gasteiger partial charge in [-0.1, -0.05) is 85.8 Å². The summed E-state index contributed by atoms with van der Waals surface area (Å²) in [5, 5.41) is 0. The average Bonchev–Trinajstić information content (AvgIpc) is 2.66. The molecule has 1 aliphatic rings. The second-order valence-electron chi connectivity index (χ2n) is 10.3. The van der Waals surface area contributed by atoms with Crippen molar-refractivity contribution in [1.82, 2.24) is 0 Å². The molecule has 0 heterocycles. The summed E-state index contributed by atoms with van der Waals surface area (Å²) in [5.74, 6) is 3.01. The summed E-state index contributed by atoms with van der Waals surface area (Å²) < 4.78 is 12.2. The van der Waals surface area contributed by atoms with E-state index in [1.807, 2.05) is 0 Å². The monoisotopic (exact) mass is 388 g/mol. The van der Waals surface area contributed by atoms with Crippen molar-refractivity contribution < 1.29 is 9.47 Å². The predicted molar refractivity (Wildman–Crippen MR) is 120 cm³/mol. The van der Waals surface area contributed by atoms with Crippen molar-refractivity contribution in [2.75, 3.05) is 6.61 Å². The molecule has 160 valence electrons. The Morgan fingerprint density at radius 1 is 1.00 bits per heavy atom. The van der Waals surface area contributed by atoms with E-state index in [1.54, 1.807) is 0 Å². The average molecular weight is 389 g/mol. The van der Waals surface area contributed by atoms with Gasteiger partial charge in [-0.15, -0.1) is 0 Å². The maximum Gasteiger partial charge on any atom is 0.199 e. The second kappa shape index (κ2) is 11.2. The Kier molecular flexibility index (Phi) is 9.34. The Hall–Kier alpha value is -1.02. The van der Waals surface area contributed by atoms with E-state index < -0.39 is 0 Å². The molecule has 1 aromatic rings. The molecule has 2 unspecified atom stereocenters. The zero-order valence-electron chi connectivity index (χ0n) is 19.3. The molecular weight excluding hydrogens is 344 g/mol. The summed E-state index contributed by atoms with van der Waals surface area (Å²) in [5.41, 5.74) is 1.76.